The maximum atomic E-state index is 11.7. The van der Waals surface area contributed by atoms with Gasteiger partial charge in [0.1, 0.15) is 5.75 Å². The number of carboxylic acids is 1. The Bertz CT molecular complexity index is 808. The highest BCUT2D eigenvalue weighted by atomic mass is 32.2. The predicted molar refractivity (Wildman–Crippen MR) is 75.3 cm³/mol. The number of nitrogens with zero attached hydrogens (tertiary/aromatic N) is 2. The summed E-state index contributed by atoms with van der Waals surface area (Å²) < 4.78 is 29.9. The molecule has 0 aliphatic rings. The second kappa shape index (κ2) is 5.21. The summed E-state index contributed by atoms with van der Waals surface area (Å²) in [5.41, 5.74) is 0.789. The van der Waals surface area contributed by atoms with E-state index in [1.807, 2.05) is 0 Å². The summed E-state index contributed by atoms with van der Waals surface area (Å²) in [6.07, 6.45) is 1.10. The number of ether oxygens (including phenoxy) is 1. The van der Waals surface area contributed by atoms with Gasteiger partial charge in [-0.25, -0.2) is 13.2 Å². The molecule has 2 aromatic rings. The van der Waals surface area contributed by atoms with Gasteiger partial charge in [0.25, 0.3) is 0 Å². The average molecular weight is 310 g/mol. The number of carbonyl (C=O) groups is 1. The van der Waals surface area contributed by atoms with E-state index in [-0.39, 0.29) is 10.6 Å². The molecule has 0 saturated heterocycles. The van der Waals surface area contributed by atoms with Crippen molar-refractivity contribution < 1.29 is 23.1 Å². The third kappa shape index (κ3) is 2.89. The highest BCUT2D eigenvalue weighted by Crippen LogP contribution is 2.32. The summed E-state index contributed by atoms with van der Waals surface area (Å²) in [6.45, 7) is 0. The Morgan fingerprint density at radius 3 is 2.48 bits per heavy atom. The number of aromatic carboxylic acids is 1. The van der Waals surface area contributed by atoms with Crippen molar-refractivity contribution in [2.24, 2.45) is 7.05 Å². The smallest absolute Gasteiger partial charge is 0.356 e. The molecule has 0 saturated carbocycles. The molecule has 0 aliphatic heterocycles. The molecule has 112 valence electrons. The van der Waals surface area contributed by atoms with Crippen LogP contribution in [0.3, 0.4) is 0 Å². The molecule has 8 heteroatoms. The Balaban J connectivity index is 2.69. The number of methoxy groups -OCH3 is 1. The maximum Gasteiger partial charge on any atom is 0.356 e. The van der Waals surface area contributed by atoms with Crippen LogP contribution in [0.4, 0.5) is 0 Å². The minimum Gasteiger partial charge on any atom is -0.496 e. The Morgan fingerprint density at radius 1 is 1.33 bits per heavy atom. The predicted octanol–water partition coefficient (Wildman–Crippen LogP) is 1.20. The third-order valence-corrected chi connectivity index (χ3v) is 4.08. The zero-order valence-electron chi connectivity index (χ0n) is 11.7. The van der Waals surface area contributed by atoms with Gasteiger partial charge < -0.3 is 9.84 Å². The van der Waals surface area contributed by atoms with Gasteiger partial charge in [0.05, 0.1) is 17.7 Å². The first-order valence-electron chi connectivity index (χ1n) is 5.90. The van der Waals surface area contributed by atoms with Crippen LogP contribution in [0.5, 0.6) is 5.75 Å². The van der Waals surface area contributed by atoms with E-state index in [0.29, 0.717) is 17.0 Å². The van der Waals surface area contributed by atoms with Crippen LogP contribution in [0, 0.1) is 0 Å². The van der Waals surface area contributed by atoms with Crippen LogP contribution in [-0.2, 0) is 16.9 Å². The van der Waals surface area contributed by atoms with Crippen molar-refractivity contribution in [3.8, 4) is 17.0 Å². The Hall–Kier alpha value is -2.35. The second-order valence-corrected chi connectivity index (χ2v) is 6.49. The first kappa shape index (κ1) is 15.0. The van der Waals surface area contributed by atoms with Crippen LogP contribution in [-0.4, -0.2) is 42.6 Å². The number of sulfone groups is 1. The van der Waals surface area contributed by atoms with E-state index in [9.17, 15) is 13.2 Å². The van der Waals surface area contributed by atoms with Crippen LogP contribution < -0.4 is 4.74 Å². The molecule has 1 aromatic heterocycles. The van der Waals surface area contributed by atoms with Crippen molar-refractivity contribution in [2.45, 2.75) is 4.90 Å². The molecule has 0 radical (unpaired) electrons. The molecule has 7 nitrogen and oxygen atoms in total. The summed E-state index contributed by atoms with van der Waals surface area (Å²) >= 11 is 0. The lowest BCUT2D eigenvalue weighted by Crippen LogP contribution is -2.01. The zero-order valence-corrected chi connectivity index (χ0v) is 12.5. The fourth-order valence-corrected chi connectivity index (χ4v) is 2.59. The number of aryl methyl sites for hydroxylation is 1. The van der Waals surface area contributed by atoms with Gasteiger partial charge >= 0.3 is 5.97 Å². The van der Waals surface area contributed by atoms with E-state index in [4.69, 9.17) is 9.84 Å². The molecule has 2 rings (SSSR count). The minimum atomic E-state index is -3.38. The lowest BCUT2D eigenvalue weighted by Gasteiger charge is -2.10. The van der Waals surface area contributed by atoms with Crippen LogP contribution in [0.15, 0.2) is 29.2 Å². The molecule has 1 heterocycles. The highest BCUT2D eigenvalue weighted by molar-refractivity contribution is 7.90. The molecule has 0 bridgehead atoms. The van der Waals surface area contributed by atoms with Crippen molar-refractivity contribution in [3.63, 3.8) is 0 Å². The quantitative estimate of drug-likeness (QED) is 0.911. The molecule has 0 atom stereocenters. The number of benzene rings is 1. The standard InChI is InChI=1S/C13H14N2O5S/c1-15-11(7-10(14-15)13(16)17)9-6-8(21(3,18)19)4-5-12(9)20-2/h4-7H,1-3H3,(H,16,17). The van der Waals surface area contributed by atoms with Crippen molar-refractivity contribution in [1.82, 2.24) is 9.78 Å². The van der Waals surface area contributed by atoms with Crippen LogP contribution in [0.25, 0.3) is 11.3 Å². The molecule has 0 spiro atoms. The number of carboxylic acid groups (broad SMARTS) is 1. The van der Waals surface area contributed by atoms with E-state index in [1.165, 1.54) is 36.1 Å². The van der Waals surface area contributed by atoms with Crippen molar-refractivity contribution in [1.29, 1.82) is 0 Å². The van der Waals surface area contributed by atoms with Crippen molar-refractivity contribution in [2.75, 3.05) is 13.4 Å². The van der Waals surface area contributed by atoms with Crippen LogP contribution >= 0.6 is 0 Å². The van der Waals surface area contributed by atoms with E-state index >= 15 is 0 Å². The fourth-order valence-electron chi connectivity index (χ4n) is 1.94. The Morgan fingerprint density at radius 2 is 2.00 bits per heavy atom. The molecule has 0 amide bonds. The minimum absolute atomic E-state index is 0.122. The number of hydrogen-bond acceptors (Lipinski definition) is 5. The van der Waals surface area contributed by atoms with Gasteiger partial charge in [0.2, 0.25) is 0 Å². The highest BCUT2D eigenvalue weighted by Gasteiger charge is 2.18. The lowest BCUT2D eigenvalue weighted by atomic mass is 10.1. The van der Waals surface area contributed by atoms with Gasteiger partial charge in [0.15, 0.2) is 15.5 Å². The van der Waals surface area contributed by atoms with E-state index in [2.05, 4.69) is 5.10 Å². The van der Waals surface area contributed by atoms with Gasteiger partial charge in [-0.3, -0.25) is 4.68 Å². The topological polar surface area (TPSA) is 98.5 Å². The zero-order chi connectivity index (χ0) is 15.8. The molecule has 1 N–H and O–H groups in total. The van der Waals surface area contributed by atoms with E-state index in [0.717, 1.165) is 6.26 Å². The number of rotatable bonds is 4. The Kier molecular flexibility index (Phi) is 3.73. The first-order chi connectivity index (χ1) is 9.74. The number of aromatic nitrogens is 2. The first-order valence-corrected chi connectivity index (χ1v) is 7.79. The third-order valence-electron chi connectivity index (χ3n) is 2.97. The maximum absolute atomic E-state index is 11.7. The molecule has 0 fully saturated rings. The SMILES string of the molecule is COc1ccc(S(C)(=O)=O)cc1-c1cc(C(=O)O)nn1C. The van der Waals surface area contributed by atoms with Gasteiger partial charge in [-0.05, 0) is 24.3 Å². The van der Waals surface area contributed by atoms with Gasteiger partial charge in [-0.2, -0.15) is 5.10 Å². The molecular formula is C13H14N2O5S. The summed E-state index contributed by atoms with van der Waals surface area (Å²) in [6, 6.07) is 5.77. The summed E-state index contributed by atoms with van der Waals surface area (Å²) in [5.74, 6) is -0.725. The monoisotopic (exact) mass is 310 g/mol. The molecule has 0 aliphatic carbocycles. The largest absolute Gasteiger partial charge is 0.496 e. The molecular weight excluding hydrogens is 296 g/mol. The fraction of sp³-hybridized carbons (Fsp3) is 0.231. The van der Waals surface area contributed by atoms with Gasteiger partial charge in [-0.1, -0.05) is 0 Å². The van der Waals surface area contributed by atoms with Crippen molar-refractivity contribution >= 4 is 15.8 Å². The second-order valence-electron chi connectivity index (χ2n) is 4.48. The summed E-state index contributed by atoms with van der Waals surface area (Å²) in [5, 5.41) is 12.8. The van der Waals surface area contributed by atoms with E-state index < -0.39 is 15.8 Å². The lowest BCUT2D eigenvalue weighted by molar-refractivity contribution is 0.0689. The molecule has 1 aromatic carbocycles. The number of hydrogen-bond donors (Lipinski definition) is 1. The molecule has 0 unspecified atom stereocenters. The summed E-state index contributed by atoms with van der Waals surface area (Å²) in [4.78, 5) is 11.1. The average Bonchev–Trinajstić information content (AvgIpc) is 2.79. The van der Waals surface area contributed by atoms with E-state index in [1.54, 1.807) is 7.05 Å². The summed E-state index contributed by atoms with van der Waals surface area (Å²) in [7, 11) is -0.353. The van der Waals surface area contributed by atoms with Crippen molar-refractivity contribution in [3.05, 3.63) is 30.0 Å². The van der Waals surface area contributed by atoms with Gasteiger partial charge in [-0.15, -0.1) is 0 Å². The normalized spacial score (nSPS) is 11.4. The van der Waals surface area contributed by atoms with Crippen LogP contribution in [0.1, 0.15) is 10.5 Å². The Labute approximate surface area is 121 Å². The molecule has 21 heavy (non-hydrogen) atoms. The van der Waals surface area contributed by atoms with Gasteiger partial charge in [0, 0.05) is 18.9 Å². The van der Waals surface area contributed by atoms with Crippen LogP contribution in [0.2, 0.25) is 0 Å².